The summed E-state index contributed by atoms with van der Waals surface area (Å²) in [7, 11) is -1.41. The molecule has 1 saturated heterocycles. The van der Waals surface area contributed by atoms with E-state index in [2.05, 4.69) is 4.90 Å². The van der Waals surface area contributed by atoms with Gasteiger partial charge in [-0.2, -0.15) is 4.31 Å². The zero-order chi connectivity index (χ0) is 14.8. The molecule has 0 atom stereocenters. The molecule has 0 saturated carbocycles. The van der Waals surface area contributed by atoms with Crippen molar-refractivity contribution in [1.82, 2.24) is 9.21 Å². The summed E-state index contributed by atoms with van der Waals surface area (Å²) in [4.78, 5) is 2.46. The highest BCUT2D eigenvalue weighted by Crippen LogP contribution is 2.22. The quantitative estimate of drug-likeness (QED) is 0.850. The number of nitrogens with zero attached hydrogens (tertiary/aromatic N) is 2. The maximum Gasteiger partial charge on any atom is 0.243 e. The molecule has 6 heteroatoms. The van der Waals surface area contributed by atoms with E-state index in [1.165, 1.54) is 0 Å². The SMILES string of the molecule is CCc1ccc(S(=O)(=O)N2CCCN(C)CC2)cc1N. The van der Waals surface area contributed by atoms with Crippen LogP contribution < -0.4 is 5.73 Å². The molecule has 2 N–H and O–H groups in total. The van der Waals surface area contributed by atoms with Gasteiger partial charge in [0, 0.05) is 25.3 Å². The Bertz CT molecular complexity index is 572. The molecule has 0 radical (unpaired) electrons. The number of sulfonamides is 1. The van der Waals surface area contributed by atoms with Gasteiger partial charge in [-0.05, 0) is 44.1 Å². The van der Waals surface area contributed by atoms with Crippen molar-refractivity contribution in [2.75, 3.05) is 39.0 Å². The fourth-order valence-corrected chi connectivity index (χ4v) is 3.97. The number of aryl methyl sites for hydroxylation is 1. The van der Waals surface area contributed by atoms with Gasteiger partial charge in [0.25, 0.3) is 0 Å². The molecular formula is C14H23N3O2S. The van der Waals surface area contributed by atoms with Crippen LogP contribution in [0.15, 0.2) is 23.1 Å². The maximum absolute atomic E-state index is 12.7. The number of nitrogens with two attached hydrogens (primary N) is 1. The highest BCUT2D eigenvalue weighted by Gasteiger charge is 2.26. The van der Waals surface area contributed by atoms with Gasteiger partial charge in [-0.25, -0.2) is 8.42 Å². The monoisotopic (exact) mass is 297 g/mol. The van der Waals surface area contributed by atoms with Gasteiger partial charge in [0.2, 0.25) is 10.0 Å². The van der Waals surface area contributed by atoms with Crippen LogP contribution in [0.5, 0.6) is 0 Å². The number of anilines is 1. The fraction of sp³-hybridized carbons (Fsp3) is 0.571. The first-order valence-electron chi connectivity index (χ1n) is 7.02. The molecule has 0 spiro atoms. The molecule has 2 rings (SSSR count). The van der Waals surface area contributed by atoms with Crippen molar-refractivity contribution in [3.05, 3.63) is 23.8 Å². The minimum atomic E-state index is -3.43. The number of rotatable bonds is 3. The average Bonchev–Trinajstić information content (AvgIpc) is 2.63. The Labute approximate surface area is 121 Å². The molecule has 1 heterocycles. The summed E-state index contributed by atoms with van der Waals surface area (Å²) in [5.74, 6) is 0. The van der Waals surface area contributed by atoms with Crippen LogP contribution >= 0.6 is 0 Å². The number of hydrogen-bond donors (Lipinski definition) is 1. The molecule has 0 aliphatic carbocycles. The number of benzene rings is 1. The minimum Gasteiger partial charge on any atom is -0.398 e. The van der Waals surface area contributed by atoms with Crippen molar-refractivity contribution in [1.29, 1.82) is 0 Å². The Hall–Kier alpha value is -1.11. The lowest BCUT2D eigenvalue weighted by Crippen LogP contribution is -2.34. The highest BCUT2D eigenvalue weighted by molar-refractivity contribution is 7.89. The van der Waals surface area contributed by atoms with Crippen molar-refractivity contribution in [3.63, 3.8) is 0 Å². The molecule has 0 amide bonds. The van der Waals surface area contributed by atoms with E-state index in [0.717, 1.165) is 31.5 Å². The van der Waals surface area contributed by atoms with Crippen molar-refractivity contribution in [2.24, 2.45) is 0 Å². The second-order valence-electron chi connectivity index (χ2n) is 5.28. The third-order valence-electron chi connectivity index (χ3n) is 3.81. The summed E-state index contributed by atoms with van der Waals surface area (Å²) in [5.41, 5.74) is 7.46. The predicted octanol–water partition coefficient (Wildman–Crippen LogP) is 1.16. The van der Waals surface area contributed by atoms with E-state index in [-0.39, 0.29) is 0 Å². The third kappa shape index (κ3) is 3.13. The van der Waals surface area contributed by atoms with E-state index in [0.29, 0.717) is 23.7 Å². The van der Waals surface area contributed by atoms with Crippen LogP contribution in [0.1, 0.15) is 18.9 Å². The zero-order valence-electron chi connectivity index (χ0n) is 12.2. The molecule has 1 aliphatic rings. The molecule has 0 bridgehead atoms. The highest BCUT2D eigenvalue weighted by atomic mass is 32.2. The first-order chi connectivity index (χ1) is 9.45. The normalized spacial score (nSPS) is 18.9. The summed E-state index contributed by atoms with van der Waals surface area (Å²) in [6.07, 6.45) is 1.67. The Morgan fingerprint density at radius 1 is 1.20 bits per heavy atom. The van der Waals surface area contributed by atoms with Crippen LogP contribution in [-0.4, -0.2) is 50.8 Å². The molecule has 1 aromatic carbocycles. The largest absolute Gasteiger partial charge is 0.398 e. The maximum atomic E-state index is 12.7. The van der Waals surface area contributed by atoms with Crippen molar-refractivity contribution >= 4 is 15.7 Å². The van der Waals surface area contributed by atoms with Crippen LogP contribution in [0.4, 0.5) is 5.69 Å². The molecule has 0 aromatic heterocycles. The van der Waals surface area contributed by atoms with E-state index in [4.69, 9.17) is 5.73 Å². The van der Waals surface area contributed by atoms with E-state index in [1.54, 1.807) is 16.4 Å². The predicted molar refractivity (Wildman–Crippen MR) is 81.1 cm³/mol. The van der Waals surface area contributed by atoms with E-state index in [9.17, 15) is 8.42 Å². The molecule has 1 fully saturated rings. The van der Waals surface area contributed by atoms with Gasteiger partial charge in [-0.3, -0.25) is 0 Å². The second kappa shape index (κ2) is 6.11. The molecule has 20 heavy (non-hydrogen) atoms. The molecule has 1 aromatic rings. The van der Waals surface area contributed by atoms with Crippen molar-refractivity contribution in [3.8, 4) is 0 Å². The van der Waals surface area contributed by atoms with E-state index < -0.39 is 10.0 Å². The molecular weight excluding hydrogens is 274 g/mol. The Morgan fingerprint density at radius 3 is 2.60 bits per heavy atom. The summed E-state index contributed by atoms with van der Waals surface area (Å²) in [6.45, 7) is 4.81. The second-order valence-corrected chi connectivity index (χ2v) is 7.21. The van der Waals surface area contributed by atoms with Gasteiger partial charge >= 0.3 is 0 Å². The summed E-state index contributed by atoms with van der Waals surface area (Å²) in [5, 5.41) is 0. The van der Waals surface area contributed by atoms with Gasteiger partial charge in [0.15, 0.2) is 0 Å². The van der Waals surface area contributed by atoms with Gasteiger partial charge in [0.1, 0.15) is 0 Å². The summed E-state index contributed by atoms with van der Waals surface area (Å²) < 4.78 is 26.9. The van der Waals surface area contributed by atoms with E-state index in [1.807, 2.05) is 20.0 Å². The van der Waals surface area contributed by atoms with Gasteiger partial charge < -0.3 is 10.6 Å². The lowest BCUT2D eigenvalue weighted by molar-refractivity contribution is 0.347. The Balaban J connectivity index is 2.27. The molecule has 5 nitrogen and oxygen atoms in total. The van der Waals surface area contributed by atoms with Gasteiger partial charge in [-0.1, -0.05) is 13.0 Å². The van der Waals surface area contributed by atoms with Gasteiger partial charge in [-0.15, -0.1) is 0 Å². The third-order valence-corrected chi connectivity index (χ3v) is 5.71. The molecule has 112 valence electrons. The van der Waals surface area contributed by atoms with E-state index >= 15 is 0 Å². The minimum absolute atomic E-state index is 0.303. The number of hydrogen-bond acceptors (Lipinski definition) is 4. The van der Waals surface area contributed by atoms with Crippen LogP contribution in [-0.2, 0) is 16.4 Å². The van der Waals surface area contributed by atoms with Crippen LogP contribution in [0.2, 0.25) is 0 Å². The van der Waals surface area contributed by atoms with Gasteiger partial charge in [0.05, 0.1) is 4.90 Å². The smallest absolute Gasteiger partial charge is 0.243 e. The van der Waals surface area contributed by atoms with Crippen LogP contribution in [0.3, 0.4) is 0 Å². The Morgan fingerprint density at radius 2 is 1.95 bits per heavy atom. The number of nitrogen functional groups attached to an aromatic ring is 1. The number of likely N-dealkylation sites (N-methyl/N-ethyl adjacent to an activating group) is 1. The lowest BCUT2D eigenvalue weighted by Gasteiger charge is -2.20. The fourth-order valence-electron chi connectivity index (χ4n) is 2.47. The summed E-state index contributed by atoms with van der Waals surface area (Å²) in [6, 6.07) is 5.06. The average molecular weight is 297 g/mol. The topological polar surface area (TPSA) is 66.6 Å². The van der Waals surface area contributed by atoms with Crippen LogP contribution in [0.25, 0.3) is 0 Å². The first kappa shape index (κ1) is 15.3. The first-order valence-corrected chi connectivity index (χ1v) is 8.46. The molecule has 1 aliphatic heterocycles. The van der Waals surface area contributed by atoms with Crippen LogP contribution in [0, 0.1) is 0 Å². The van der Waals surface area contributed by atoms with Crippen molar-refractivity contribution in [2.45, 2.75) is 24.7 Å². The lowest BCUT2D eigenvalue weighted by atomic mass is 10.1. The molecule has 0 unspecified atom stereocenters. The summed E-state index contributed by atoms with van der Waals surface area (Å²) >= 11 is 0. The standard InChI is InChI=1S/C14H23N3O2S/c1-3-12-5-6-13(11-14(12)15)20(18,19)17-8-4-7-16(2)9-10-17/h5-6,11H,3-4,7-10,15H2,1-2H3. The Kier molecular flexibility index (Phi) is 4.67. The van der Waals surface area contributed by atoms with Crippen molar-refractivity contribution < 1.29 is 8.42 Å². The zero-order valence-corrected chi connectivity index (χ0v) is 13.0.